The molecule has 1 rings (SSSR count). The van der Waals surface area contributed by atoms with Crippen LogP contribution in [0.15, 0.2) is 24.3 Å². The largest absolute Gasteiger partial charge is 0.479 e. The van der Waals surface area contributed by atoms with Gasteiger partial charge in [-0.3, -0.25) is 14.4 Å². The van der Waals surface area contributed by atoms with Gasteiger partial charge in [0, 0.05) is 19.3 Å². The predicted octanol–water partition coefficient (Wildman–Crippen LogP) is 17.8. The molecule has 6 unspecified atom stereocenters. The maximum absolute atomic E-state index is 13.2. The van der Waals surface area contributed by atoms with Crippen molar-refractivity contribution < 1.29 is 58.2 Å². The van der Waals surface area contributed by atoms with Crippen LogP contribution in [0.4, 0.5) is 0 Å². The summed E-state index contributed by atoms with van der Waals surface area (Å²) >= 11 is 0. The van der Waals surface area contributed by atoms with Crippen molar-refractivity contribution in [2.45, 2.75) is 366 Å². The van der Waals surface area contributed by atoms with Crippen molar-refractivity contribution in [3.05, 3.63) is 24.3 Å². The van der Waals surface area contributed by atoms with Crippen LogP contribution < -0.4 is 0 Å². The highest BCUT2D eigenvalue weighted by Gasteiger charge is 2.50. The summed E-state index contributed by atoms with van der Waals surface area (Å²) in [6.45, 7) is 6.02. The lowest BCUT2D eigenvalue weighted by Crippen LogP contribution is -2.61. The van der Waals surface area contributed by atoms with Crippen molar-refractivity contribution >= 4 is 23.9 Å². The standard InChI is InChI=1S/C67H122O12/c1-4-7-10-13-16-19-22-24-26-28-30-32-34-36-39-41-44-47-50-53-59(68)75-56-58(77-60(69)54-51-48-45-43-40-37-35-33-31-29-27-25-23-20-17-14-11-8-5-2)57-76-67-65(63(72)62(71)64(79-67)66(73)74)78-61(70)55-52-49-46-42-38-21-18-15-12-9-6-3/h24-27,58,62-65,67,71-72H,4-23,28-57H2,1-3H3,(H,73,74)/b26-24-,27-25-. The third-order valence-electron chi connectivity index (χ3n) is 15.5. The van der Waals surface area contributed by atoms with E-state index < -0.39 is 67.3 Å². The Morgan fingerprint density at radius 2 is 0.722 bits per heavy atom. The average molecular weight is 1120 g/mol. The highest BCUT2D eigenvalue weighted by atomic mass is 16.7. The monoisotopic (exact) mass is 1120 g/mol. The Labute approximate surface area is 483 Å². The van der Waals surface area contributed by atoms with E-state index in [9.17, 15) is 34.5 Å². The average Bonchev–Trinajstić information content (AvgIpc) is 3.47. The Bertz CT molecular complexity index is 1470. The lowest BCUT2D eigenvalue weighted by Gasteiger charge is -2.40. The highest BCUT2D eigenvalue weighted by molar-refractivity contribution is 5.74. The first-order chi connectivity index (χ1) is 38.6. The molecule has 1 saturated heterocycles. The number of aliphatic carboxylic acids is 1. The van der Waals surface area contributed by atoms with Crippen LogP contribution in [0.5, 0.6) is 0 Å². The molecule has 1 heterocycles. The van der Waals surface area contributed by atoms with Crippen LogP contribution >= 0.6 is 0 Å². The van der Waals surface area contributed by atoms with Crippen LogP contribution in [0.1, 0.15) is 329 Å². The van der Waals surface area contributed by atoms with Gasteiger partial charge in [0.2, 0.25) is 0 Å². The molecule has 1 aliphatic rings. The maximum atomic E-state index is 13.2. The number of esters is 3. The molecule has 3 N–H and O–H groups in total. The molecule has 0 bridgehead atoms. The van der Waals surface area contributed by atoms with E-state index in [1.165, 1.54) is 205 Å². The molecule has 79 heavy (non-hydrogen) atoms. The number of ether oxygens (including phenoxy) is 5. The number of carboxylic acids is 1. The van der Waals surface area contributed by atoms with E-state index in [-0.39, 0.29) is 25.9 Å². The molecule has 0 amide bonds. The Morgan fingerprint density at radius 1 is 0.405 bits per heavy atom. The van der Waals surface area contributed by atoms with Crippen molar-refractivity contribution in [2.24, 2.45) is 0 Å². The number of rotatable bonds is 58. The van der Waals surface area contributed by atoms with Crippen molar-refractivity contribution in [3.63, 3.8) is 0 Å². The zero-order valence-electron chi connectivity index (χ0n) is 51.1. The van der Waals surface area contributed by atoms with Gasteiger partial charge in [-0.25, -0.2) is 4.79 Å². The molecule has 6 atom stereocenters. The minimum Gasteiger partial charge on any atom is -0.479 e. The van der Waals surface area contributed by atoms with Crippen LogP contribution in [-0.4, -0.2) is 89.2 Å². The number of hydrogen-bond donors (Lipinski definition) is 3. The van der Waals surface area contributed by atoms with Gasteiger partial charge in [-0.2, -0.15) is 0 Å². The molecule has 0 aromatic heterocycles. The summed E-state index contributed by atoms with van der Waals surface area (Å²) in [5.41, 5.74) is 0. The van der Waals surface area contributed by atoms with Gasteiger partial charge in [0.1, 0.15) is 18.8 Å². The molecule has 0 aliphatic carbocycles. The van der Waals surface area contributed by atoms with Crippen molar-refractivity contribution in [2.75, 3.05) is 13.2 Å². The second-order valence-corrected chi connectivity index (χ2v) is 23.1. The van der Waals surface area contributed by atoms with Gasteiger partial charge >= 0.3 is 23.9 Å². The Balaban J connectivity index is 2.62. The van der Waals surface area contributed by atoms with E-state index in [2.05, 4.69) is 45.1 Å². The van der Waals surface area contributed by atoms with E-state index in [0.29, 0.717) is 19.3 Å². The number of hydrogen-bond acceptors (Lipinski definition) is 11. The minimum absolute atomic E-state index is 0.0662. The molecular weight excluding hydrogens is 997 g/mol. The number of allylic oxidation sites excluding steroid dienone is 4. The molecule has 1 aliphatic heterocycles. The summed E-state index contributed by atoms with van der Waals surface area (Å²) in [6.07, 6.45) is 52.9. The van der Waals surface area contributed by atoms with Gasteiger partial charge in [0.05, 0.1) is 6.61 Å². The third-order valence-corrected chi connectivity index (χ3v) is 15.5. The first-order valence-electron chi connectivity index (χ1n) is 33.3. The van der Waals surface area contributed by atoms with Crippen molar-refractivity contribution in [1.82, 2.24) is 0 Å². The fourth-order valence-corrected chi connectivity index (χ4v) is 10.4. The van der Waals surface area contributed by atoms with Crippen molar-refractivity contribution in [3.8, 4) is 0 Å². The number of carbonyl (C=O) groups excluding carboxylic acids is 3. The lowest BCUT2D eigenvalue weighted by molar-refractivity contribution is -0.301. The topological polar surface area (TPSA) is 175 Å². The smallest absolute Gasteiger partial charge is 0.335 e. The fraction of sp³-hybridized carbons (Fsp3) is 0.881. The minimum atomic E-state index is -1.90. The molecule has 462 valence electrons. The number of unbranched alkanes of at least 4 members (excludes halogenated alkanes) is 40. The molecule has 12 heteroatoms. The zero-order chi connectivity index (χ0) is 57.5. The van der Waals surface area contributed by atoms with Crippen molar-refractivity contribution in [1.29, 1.82) is 0 Å². The van der Waals surface area contributed by atoms with Gasteiger partial charge in [0.25, 0.3) is 0 Å². The van der Waals surface area contributed by atoms with Crippen LogP contribution in [0.2, 0.25) is 0 Å². The normalized spacial score (nSPS) is 17.9. The summed E-state index contributed by atoms with van der Waals surface area (Å²) in [7, 11) is 0. The predicted molar refractivity (Wildman–Crippen MR) is 322 cm³/mol. The maximum Gasteiger partial charge on any atom is 0.335 e. The zero-order valence-corrected chi connectivity index (χ0v) is 51.1. The van der Waals surface area contributed by atoms with E-state index in [0.717, 1.165) is 64.2 Å². The first kappa shape index (κ1) is 74.2. The number of carboxylic acid groups (broad SMARTS) is 1. The molecule has 12 nitrogen and oxygen atoms in total. The molecule has 0 spiro atoms. The number of aliphatic hydroxyl groups excluding tert-OH is 2. The van der Waals surface area contributed by atoms with E-state index in [1.54, 1.807) is 0 Å². The summed E-state index contributed by atoms with van der Waals surface area (Å²) in [5.74, 6) is -3.09. The van der Waals surface area contributed by atoms with Crippen LogP contribution in [0, 0.1) is 0 Å². The third kappa shape index (κ3) is 45.4. The summed E-state index contributed by atoms with van der Waals surface area (Å²) in [6, 6.07) is 0. The second kappa shape index (κ2) is 55.7. The van der Waals surface area contributed by atoms with Gasteiger partial charge in [-0.15, -0.1) is 0 Å². The molecule has 1 fully saturated rings. The molecule has 0 radical (unpaired) electrons. The lowest BCUT2D eigenvalue weighted by atomic mass is 9.98. The highest BCUT2D eigenvalue weighted by Crippen LogP contribution is 2.27. The first-order valence-corrected chi connectivity index (χ1v) is 33.3. The van der Waals surface area contributed by atoms with E-state index >= 15 is 0 Å². The van der Waals surface area contributed by atoms with Gasteiger partial charge < -0.3 is 39.0 Å². The second-order valence-electron chi connectivity index (χ2n) is 23.1. The van der Waals surface area contributed by atoms with Crippen LogP contribution in [0.25, 0.3) is 0 Å². The Morgan fingerprint density at radius 3 is 1.08 bits per heavy atom. The molecular formula is C67H122O12. The van der Waals surface area contributed by atoms with E-state index in [4.69, 9.17) is 23.7 Å². The SMILES string of the molecule is CCCCCCCC/C=C\CCCCCCCCCCCC(=O)OCC(COC1OC(C(=O)O)C(O)C(O)C1OC(=O)CCCCCCCCCCCCC)OC(=O)CCCCCCCCCCC/C=C\CCCCCCCC. The van der Waals surface area contributed by atoms with Crippen LogP contribution in [0.3, 0.4) is 0 Å². The summed E-state index contributed by atoms with van der Waals surface area (Å²) in [5, 5.41) is 31.5. The van der Waals surface area contributed by atoms with Gasteiger partial charge in [-0.05, 0) is 70.6 Å². The van der Waals surface area contributed by atoms with E-state index in [1.807, 2.05) is 0 Å². The van der Waals surface area contributed by atoms with Crippen LogP contribution in [-0.2, 0) is 42.9 Å². The number of carbonyl (C=O) groups is 4. The quantitative estimate of drug-likeness (QED) is 0.0228. The molecule has 0 aromatic rings. The summed E-state index contributed by atoms with van der Waals surface area (Å²) in [4.78, 5) is 51.3. The van der Waals surface area contributed by atoms with Gasteiger partial charge in [-0.1, -0.05) is 263 Å². The summed E-state index contributed by atoms with van der Waals surface area (Å²) < 4.78 is 28.5. The fourth-order valence-electron chi connectivity index (χ4n) is 10.4. The van der Waals surface area contributed by atoms with Gasteiger partial charge in [0.15, 0.2) is 24.6 Å². The molecule has 0 aromatic carbocycles. The Kier molecular flexibility index (Phi) is 52.3. The Hall–Kier alpha value is -2.80. The number of aliphatic hydroxyl groups is 2. The molecule has 0 saturated carbocycles.